The van der Waals surface area contributed by atoms with Crippen molar-refractivity contribution in [1.82, 2.24) is 20.4 Å². The smallest absolute Gasteiger partial charge is 0.191 e. The highest BCUT2D eigenvalue weighted by Crippen LogP contribution is 2.51. The van der Waals surface area contributed by atoms with Gasteiger partial charge in [0.05, 0.1) is 12.7 Å². The van der Waals surface area contributed by atoms with Crippen molar-refractivity contribution in [3.05, 3.63) is 48.3 Å². The van der Waals surface area contributed by atoms with Crippen LogP contribution in [-0.2, 0) is 13.5 Å². The lowest BCUT2D eigenvalue weighted by Gasteiger charge is -2.15. The Bertz CT molecular complexity index is 706. The number of hydrogen-bond donors (Lipinski definition) is 2. The monoisotopic (exact) mass is 371 g/mol. The first kappa shape index (κ1) is 18.8. The van der Waals surface area contributed by atoms with Gasteiger partial charge in [0.1, 0.15) is 0 Å². The van der Waals surface area contributed by atoms with E-state index in [4.69, 9.17) is 4.99 Å². The van der Waals surface area contributed by atoms with Crippen LogP contribution in [0.1, 0.15) is 31.7 Å². The SMILES string of the molecule is CCNC(=NCC1(Sc2ccccc2)CC1)NCCCc1cnn(C)c1. The van der Waals surface area contributed by atoms with Crippen molar-refractivity contribution in [2.45, 2.75) is 42.2 Å². The number of nitrogens with zero attached hydrogens (tertiary/aromatic N) is 3. The van der Waals surface area contributed by atoms with Crippen LogP contribution in [-0.4, -0.2) is 40.1 Å². The van der Waals surface area contributed by atoms with Crippen LogP contribution in [0.4, 0.5) is 0 Å². The number of rotatable bonds is 9. The molecule has 1 aliphatic rings. The van der Waals surface area contributed by atoms with Crippen LogP contribution in [0.5, 0.6) is 0 Å². The summed E-state index contributed by atoms with van der Waals surface area (Å²) in [5.74, 6) is 0.929. The molecule has 1 saturated carbocycles. The fraction of sp³-hybridized carbons (Fsp3) is 0.500. The summed E-state index contributed by atoms with van der Waals surface area (Å²) in [5.41, 5.74) is 1.28. The molecule has 1 aromatic carbocycles. The molecule has 140 valence electrons. The quantitative estimate of drug-likeness (QED) is 0.404. The zero-order valence-corrected chi connectivity index (χ0v) is 16.6. The average Bonchev–Trinajstić information content (AvgIpc) is 3.28. The molecule has 1 heterocycles. The van der Waals surface area contributed by atoms with E-state index >= 15 is 0 Å². The van der Waals surface area contributed by atoms with Crippen LogP contribution >= 0.6 is 11.8 Å². The molecular weight excluding hydrogens is 342 g/mol. The number of hydrogen-bond acceptors (Lipinski definition) is 3. The molecule has 0 unspecified atom stereocenters. The number of thioether (sulfide) groups is 1. The highest BCUT2D eigenvalue weighted by molar-refractivity contribution is 8.01. The standard InChI is InChI=1S/C20H29N5S/c1-3-21-19(22-13-7-8-17-14-24-25(2)15-17)23-16-20(11-12-20)26-18-9-5-4-6-10-18/h4-6,9-10,14-15H,3,7-8,11-13,16H2,1-2H3,(H2,21,22,23). The Hall–Kier alpha value is -1.95. The molecule has 0 atom stereocenters. The van der Waals surface area contributed by atoms with Crippen molar-refractivity contribution < 1.29 is 0 Å². The number of aryl methyl sites for hydroxylation is 2. The average molecular weight is 372 g/mol. The predicted molar refractivity (Wildman–Crippen MR) is 110 cm³/mol. The van der Waals surface area contributed by atoms with Crippen molar-refractivity contribution in [3.63, 3.8) is 0 Å². The third-order valence-electron chi connectivity index (χ3n) is 4.45. The van der Waals surface area contributed by atoms with E-state index < -0.39 is 0 Å². The first-order chi connectivity index (χ1) is 12.7. The molecule has 0 aliphatic heterocycles. The van der Waals surface area contributed by atoms with Crippen molar-refractivity contribution in [1.29, 1.82) is 0 Å². The zero-order valence-electron chi connectivity index (χ0n) is 15.7. The van der Waals surface area contributed by atoms with E-state index in [1.165, 1.54) is 23.3 Å². The Labute approximate surface area is 160 Å². The lowest BCUT2D eigenvalue weighted by Crippen LogP contribution is -2.38. The van der Waals surface area contributed by atoms with Gasteiger partial charge >= 0.3 is 0 Å². The first-order valence-corrected chi connectivity index (χ1v) is 10.2. The third kappa shape index (κ3) is 5.80. The molecule has 3 rings (SSSR count). The molecule has 2 aromatic rings. The molecule has 0 saturated heterocycles. The van der Waals surface area contributed by atoms with Gasteiger partial charge in [-0.1, -0.05) is 18.2 Å². The van der Waals surface area contributed by atoms with E-state index in [-0.39, 0.29) is 0 Å². The van der Waals surface area contributed by atoms with Crippen molar-refractivity contribution in [3.8, 4) is 0 Å². The Kier molecular flexibility index (Phi) is 6.61. The number of aliphatic imine (C=N–C) groups is 1. The second kappa shape index (κ2) is 9.12. The van der Waals surface area contributed by atoms with E-state index in [1.807, 2.05) is 29.7 Å². The molecule has 0 amide bonds. The highest BCUT2D eigenvalue weighted by Gasteiger charge is 2.43. The minimum Gasteiger partial charge on any atom is -0.357 e. The molecule has 5 nitrogen and oxygen atoms in total. The van der Waals surface area contributed by atoms with Gasteiger partial charge in [-0.25, -0.2) is 0 Å². The van der Waals surface area contributed by atoms with E-state index in [9.17, 15) is 0 Å². The van der Waals surface area contributed by atoms with E-state index in [2.05, 4.69) is 59.2 Å². The number of guanidine groups is 1. The Balaban J connectivity index is 1.45. The van der Waals surface area contributed by atoms with E-state index in [1.54, 1.807) is 0 Å². The molecule has 0 spiro atoms. The van der Waals surface area contributed by atoms with Crippen LogP contribution < -0.4 is 10.6 Å². The van der Waals surface area contributed by atoms with Crippen LogP contribution in [0, 0.1) is 0 Å². The van der Waals surface area contributed by atoms with Gasteiger partial charge in [-0.15, -0.1) is 11.8 Å². The van der Waals surface area contributed by atoms with Gasteiger partial charge in [0, 0.05) is 36.0 Å². The fourth-order valence-electron chi connectivity index (χ4n) is 2.84. The van der Waals surface area contributed by atoms with Gasteiger partial charge in [0.2, 0.25) is 0 Å². The maximum Gasteiger partial charge on any atom is 0.191 e. The van der Waals surface area contributed by atoms with Gasteiger partial charge in [0.15, 0.2) is 5.96 Å². The number of benzene rings is 1. The summed E-state index contributed by atoms with van der Waals surface area (Å²) in [7, 11) is 1.96. The fourth-order valence-corrected chi connectivity index (χ4v) is 4.06. The van der Waals surface area contributed by atoms with E-state index in [0.717, 1.165) is 38.4 Å². The van der Waals surface area contributed by atoms with Crippen LogP contribution in [0.25, 0.3) is 0 Å². The summed E-state index contributed by atoms with van der Waals surface area (Å²) in [4.78, 5) is 6.19. The normalized spacial score (nSPS) is 15.7. The Morgan fingerprint density at radius 1 is 1.27 bits per heavy atom. The van der Waals surface area contributed by atoms with E-state index in [0.29, 0.717) is 4.75 Å². The largest absolute Gasteiger partial charge is 0.357 e. The summed E-state index contributed by atoms with van der Waals surface area (Å²) in [6, 6.07) is 10.7. The Morgan fingerprint density at radius 2 is 2.08 bits per heavy atom. The minimum atomic E-state index is 0.291. The summed E-state index contributed by atoms with van der Waals surface area (Å²) in [5, 5.41) is 11.0. The highest BCUT2D eigenvalue weighted by atomic mass is 32.2. The van der Waals surface area contributed by atoms with Gasteiger partial charge in [-0.05, 0) is 50.3 Å². The van der Waals surface area contributed by atoms with Gasteiger partial charge in [-0.2, -0.15) is 5.10 Å². The van der Waals surface area contributed by atoms with Crippen LogP contribution in [0.15, 0.2) is 52.6 Å². The summed E-state index contributed by atoms with van der Waals surface area (Å²) < 4.78 is 2.15. The topological polar surface area (TPSA) is 54.2 Å². The molecule has 0 radical (unpaired) electrons. The van der Waals surface area contributed by atoms with Crippen molar-refractivity contribution in [2.75, 3.05) is 19.6 Å². The van der Waals surface area contributed by atoms with Gasteiger partial charge in [-0.3, -0.25) is 9.67 Å². The number of aromatic nitrogens is 2. The van der Waals surface area contributed by atoms with Gasteiger partial charge in [0.25, 0.3) is 0 Å². The van der Waals surface area contributed by atoms with Gasteiger partial charge < -0.3 is 10.6 Å². The summed E-state index contributed by atoms with van der Waals surface area (Å²) in [6.07, 6.45) is 8.62. The minimum absolute atomic E-state index is 0.291. The van der Waals surface area contributed by atoms with Crippen molar-refractivity contribution >= 4 is 17.7 Å². The third-order valence-corrected chi connectivity index (χ3v) is 5.93. The lowest BCUT2D eigenvalue weighted by molar-refractivity contribution is 0.738. The van der Waals surface area contributed by atoms with Crippen LogP contribution in [0.3, 0.4) is 0 Å². The van der Waals surface area contributed by atoms with Crippen molar-refractivity contribution in [2.24, 2.45) is 12.0 Å². The molecule has 6 heteroatoms. The number of nitrogens with one attached hydrogen (secondary N) is 2. The molecule has 1 aromatic heterocycles. The van der Waals surface area contributed by atoms with Crippen LogP contribution in [0.2, 0.25) is 0 Å². The molecule has 0 bridgehead atoms. The first-order valence-electron chi connectivity index (χ1n) is 9.43. The summed E-state index contributed by atoms with van der Waals surface area (Å²) >= 11 is 1.97. The maximum atomic E-state index is 4.85. The second-order valence-corrected chi connectivity index (χ2v) is 8.39. The zero-order chi connectivity index (χ0) is 18.2. The summed E-state index contributed by atoms with van der Waals surface area (Å²) in [6.45, 7) is 4.77. The second-order valence-electron chi connectivity index (χ2n) is 6.85. The molecule has 2 N–H and O–H groups in total. The molecule has 1 fully saturated rings. The Morgan fingerprint density at radius 3 is 2.73 bits per heavy atom. The molecular formula is C20H29N5S. The lowest BCUT2D eigenvalue weighted by atomic mass is 10.2. The predicted octanol–water partition coefficient (Wildman–Crippen LogP) is 3.23. The maximum absolute atomic E-state index is 4.85. The molecule has 1 aliphatic carbocycles. The molecule has 26 heavy (non-hydrogen) atoms.